The molecular weight excluding hydrogens is 562 g/mol. The second-order valence-corrected chi connectivity index (χ2v) is 10.4. The van der Waals surface area contributed by atoms with Gasteiger partial charge in [0.1, 0.15) is 6.54 Å². The lowest BCUT2D eigenvalue weighted by molar-refractivity contribution is -0.152. The fourth-order valence-electron chi connectivity index (χ4n) is 4.61. The molecule has 6 atom stereocenters. The molecule has 3 aliphatic rings. The molecule has 2 aliphatic carbocycles. The molecule has 9 heteroatoms. The van der Waals surface area contributed by atoms with Gasteiger partial charge in [-0.1, -0.05) is 59.9 Å². The first-order valence-electron chi connectivity index (χ1n) is 8.87. The van der Waals surface area contributed by atoms with Crippen LogP contribution in [0.3, 0.4) is 0 Å². The average Bonchev–Trinajstić information content (AvgIpc) is 3.27. The van der Waals surface area contributed by atoms with E-state index in [4.69, 9.17) is 4.74 Å². The number of ketones is 1. The van der Waals surface area contributed by atoms with Gasteiger partial charge in [-0.05, 0) is 30.4 Å². The van der Waals surface area contributed by atoms with Crippen LogP contribution in [-0.4, -0.2) is 51.3 Å². The number of fused-ring (bicyclic) bond motifs is 5. The molecule has 2 bridgehead atoms. The minimum Gasteiger partial charge on any atom is -0.456 e. The summed E-state index contributed by atoms with van der Waals surface area (Å²) >= 11 is 10.5. The van der Waals surface area contributed by atoms with Crippen molar-refractivity contribution in [3.05, 3.63) is 34.3 Å². The van der Waals surface area contributed by atoms with Crippen LogP contribution in [0.5, 0.6) is 0 Å². The Morgan fingerprint density at radius 2 is 1.54 bits per heavy atom. The number of imide groups is 1. The first-order valence-corrected chi connectivity index (χ1v) is 11.5. The predicted molar refractivity (Wildman–Crippen MR) is 110 cm³/mol. The first-order chi connectivity index (χ1) is 13.3. The van der Waals surface area contributed by atoms with Crippen LogP contribution in [0.2, 0.25) is 0 Å². The quantitative estimate of drug-likeness (QED) is 0.233. The molecule has 0 radical (unpaired) electrons. The Hall–Kier alpha value is -1.06. The van der Waals surface area contributed by atoms with Crippen LogP contribution in [-0.2, 0) is 19.1 Å². The van der Waals surface area contributed by atoms with Crippen molar-refractivity contribution in [1.29, 1.82) is 0 Å². The SMILES string of the molecule is O=C(CN1C(=O)[C@@H]2[C@H]3C[C@@H]([C@H](Br)[C@H]3Br)[C@@H]2C1=O)OCC(=O)c1ccc(Br)cc1. The fraction of sp³-hybridized carbons (Fsp3) is 0.474. The Morgan fingerprint density at radius 3 is 2.07 bits per heavy atom. The van der Waals surface area contributed by atoms with Crippen molar-refractivity contribution in [2.24, 2.45) is 23.7 Å². The molecule has 3 fully saturated rings. The number of alkyl halides is 2. The van der Waals surface area contributed by atoms with E-state index < -0.39 is 19.1 Å². The molecule has 1 saturated heterocycles. The van der Waals surface area contributed by atoms with Crippen LogP contribution in [0.1, 0.15) is 16.8 Å². The molecule has 0 N–H and O–H groups in total. The van der Waals surface area contributed by atoms with E-state index in [1.807, 2.05) is 0 Å². The third-order valence-electron chi connectivity index (χ3n) is 5.90. The Morgan fingerprint density at radius 1 is 1.00 bits per heavy atom. The molecule has 4 rings (SSSR count). The van der Waals surface area contributed by atoms with Gasteiger partial charge in [0.25, 0.3) is 0 Å². The van der Waals surface area contributed by atoms with E-state index in [-0.39, 0.29) is 50.9 Å². The van der Waals surface area contributed by atoms with E-state index in [2.05, 4.69) is 47.8 Å². The summed E-state index contributed by atoms with van der Waals surface area (Å²) in [5, 5.41) is 0. The average molecular weight is 578 g/mol. The van der Waals surface area contributed by atoms with Crippen molar-refractivity contribution in [1.82, 2.24) is 4.90 Å². The number of likely N-dealkylation sites (tertiary alicyclic amines) is 1. The van der Waals surface area contributed by atoms with Gasteiger partial charge in [0, 0.05) is 19.7 Å². The van der Waals surface area contributed by atoms with Gasteiger partial charge in [-0.25, -0.2) is 0 Å². The fourth-order valence-corrected chi connectivity index (χ4v) is 6.74. The van der Waals surface area contributed by atoms with Gasteiger partial charge < -0.3 is 4.74 Å². The van der Waals surface area contributed by atoms with Crippen LogP contribution < -0.4 is 0 Å². The Bertz CT molecular complexity index is 826. The van der Waals surface area contributed by atoms with Gasteiger partial charge in [-0.15, -0.1) is 0 Å². The standard InChI is InChI=1S/C19H16Br3NO5/c20-9-3-1-8(2-4-9)12(24)7-28-13(25)6-23-18(26)14-10-5-11(15(14)19(23)27)17(22)16(10)21/h1-4,10-11,14-17H,5-7H2/t10-,11-,14-,15+,16+,17+/m1/s1. The number of benzene rings is 1. The molecule has 1 aliphatic heterocycles. The summed E-state index contributed by atoms with van der Waals surface area (Å²) < 4.78 is 5.85. The van der Waals surface area contributed by atoms with E-state index in [0.717, 1.165) is 15.8 Å². The predicted octanol–water partition coefficient (Wildman–Crippen LogP) is 2.95. The van der Waals surface area contributed by atoms with Crippen LogP contribution in [0.25, 0.3) is 0 Å². The van der Waals surface area contributed by atoms with Gasteiger partial charge >= 0.3 is 5.97 Å². The molecule has 0 unspecified atom stereocenters. The highest BCUT2D eigenvalue weighted by Gasteiger charge is 2.66. The molecular formula is C19H16Br3NO5. The normalized spacial score (nSPS) is 33.3. The van der Waals surface area contributed by atoms with Gasteiger partial charge in [0.15, 0.2) is 12.4 Å². The highest BCUT2D eigenvalue weighted by Crippen LogP contribution is 2.60. The third kappa shape index (κ3) is 3.29. The van der Waals surface area contributed by atoms with Crippen molar-refractivity contribution in [2.45, 2.75) is 16.1 Å². The second kappa shape index (κ2) is 7.65. The number of Topliss-reactive ketones (excluding diaryl/α,β-unsaturated/α-hetero) is 1. The lowest BCUT2D eigenvalue weighted by Crippen LogP contribution is -2.38. The molecule has 6 nitrogen and oxygen atoms in total. The Kier molecular flexibility index (Phi) is 5.52. The van der Waals surface area contributed by atoms with Crippen molar-refractivity contribution in [2.75, 3.05) is 13.2 Å². The smallest absolute Gasteiger partial charge is 0.326 e. The zero-order valence-corrected chi connectivity index (χ0v) is 19.3. The summed E-state index contributed by atoms with van der Waals surface area (Å²) in [6.07, 6.45) is 0.832. The van der Waals surface area contributed by atoms with Crippen LogP contribution in [0.4, 0.5) is 0 Å². The molecule has 0 aromatic heterocycles. The largest absolute Gasteiger partial charge is 0.456 e. The summed E-state index contributed by atoms with van der Waals surface area (Å²) in [4.78, 5) is 51.1. The third-order valence-corrected chi connectivity index (χ3v) is 9.63. The van der Waals surface area contributed by atoms with Gasteiger partial charge in [0.05, 0.1) is 11.8 Å². The number of rotatable bonds is 5. The zero-order valence-electron chi connectivity index (χ0n) is 14.5. The van der Waals surface area contributed by atoms with Crippen molar-refractivity contribution in [3.63, 3.8) is 0 Å². The van der Waals surface area contributed by atoms with E-state index in [9.17, 15) is 19.2 Å². The van der Waals surface area contributed by atoms with Crippen molar-refractivity contribution < 1.29 is 23.9 Å². The van der Waals surface area contributed by atoms with Crippen LogP contribution in [0.15, 0.2) is 28.7 Å². The highest BCUT2D eigenvalue weighted by molar-refractivity contribution is 9.12. The maximum Gasteiger partial charge on any atom is 0.326 e. The minimum atomic E-state index is -0.759. The Balaban J connectivity index is 1.36. The number of carbonyl (C=O) groups is 4. The highest BCUT2D eigenvalue weighted by atomic mass is 79.9. The molecule has 148 valence electrons. The number of esters is 1. The molecule has 1 heterocycles. The lowest BCUT2D eigenvalue weighted by Gasteiger charge is -2.28. The van der Waals surface area contributed by atoms with E-state index in [1.165, 1.54) is 0 Å². The minimum absolute atomic E-state index is 0.0934. The second-order valence-electron chi connectivity index (χ2n) is 7.36. The van der Waals surface area contributed by atoms with Gasteiger partial charge in [-0.3, -0.25) is 24.1 Å². The first kappa shape index (κ1) is 20.2. The monoisotopic (exact) mass is 575 g/mol. The molecule has 2 amide bonds. The van der Waals surface area contributed by atoms with Crippen LogP contribution in [0, 0.1) is 23.7 Å². The lowest BCUT2D eigenvalue weighted by atomic mass is 9.81. The molecule has 0 spiro atoms. The number of halogens is 3. The summed E-state index contributed by atoms with van der Waals surface area (Å²) in [6, 6.07) is 6.69. The maximum absolute atomic E-state index is 12.8. The number of nitrogens with zero attached hydrogens (tertiary/aromatic N) is 1. The summed E-state index contributed by atoms with van der Waals surface area (Å²) in [6.45, 7) is -0.876. The van der Waals surface area contributed by atoms with Gasteiger partial charge in [0.2, 0.25) is 11.8 Å². The molecule has 1 aromatic carbocycles. The molecule has 28 heavy (non-hydrogen) atoms. The molecule has 1 aromatic rings. The zero-order chi connectivity index (χ0) is 20.2. The number of amides is 2. The Labute approximate surface area is 186 Å². The maximum atomic E-state index is 12.8. The van der Waals surface area contributed by atoms with E-state index in [1.54, 1.807) is 24.3 Å². The summed E-state index contributed by atoms with van der Waals surface area (Å²) in [7, 11) is 0. The molecule has 2 saturated carbocycles. The van der Waals surface area contributed by atoms with Crippen LogP contribution >= 0.6 is 47.8 Å². The number of hydrogen-bond acceptors (Lipinski definition) is 5. The number of ether oxygens (including phenoxy) is 1. The van der Waals surface area contributed by atoms with E-state index >= 15 is 0 Å². The number of hydrogen-bond donors (Lipinski definition) is 0. The van der Waals surface area contributed by atoms with Crippen molar-refractivity contribution in [3.8, 4) is 0 Å². The number of carbonyl (C=O) groups excluding carboxylic acids is 4. The van der Waals surface area contributed by atoms with Gasteiger partial charge in [-0.2, -0.15) is 0 Å². The van der Waals surface area contributed by atoms with Crippen molar-refractivity contribution >= 4 is 71.4 Å². The van der Waals surface area contributed by atoms with E-state index in [0.29, 0.717) is 5.56 Å². The topological polar surface area (TPSA) is 80.8 Å². The summed E-state index contributed by atoms with van der Waals surface area (Å²) in [5.41, 5.74) is 0.419. The summed E-state index contributed by atoms with van der Waals surface area (Å²) in [5.74, 6) is -2.26.